The van der Waals surface area contributed by atoms with Crippen LogP contribution in [0.5, 0.6) is 11.5 Å². The lowest BCUT2D eigenvalue weighted by Crippen LogP contribution is -2.18. The van der Waals surface area contributed by atoms with Gasteiger partial charge in [0.1, 0.15) is 17.3 Å². The van der Waals surface area contributed by atoms with Crippen LogP contribution in [-0.2, 0) is 11.1 Å². The molecule has 0 saturated heterocycles. The summed E-state index contributed by atoms with van der Waals surface area (Å²) in [4.78, 5) is 17.0. The topological polar surface area (TPSA) is 70.4 Å². The number of benzene rings is 3. The summed E-state index contributed by atoms with van der Waals surface area (Å²) in [6, 6.07) is 13.5. The summed E-state index contributed by atoms with van der Waals surface area (Å²) < 4.78 is 106. The van der Waals surface area contributed by atoms with Gasteiger partial charge in [0.2, 0.25) is 45.9 Å². The van der Waals surface area contributed by atoms with Crippen molar-refractivity contribution in [2.45, 2.75) is 4.90 Å². The Kier molecular flexibility index (Phi) is 7.06. The first-order valence-electron chi connectivity index (χ1n) is 11.2. The smallest absolute Gasteiger partial charge is 0.255 e. The Labute approximate surface area is 223 Å². The number of pyridine rings is 2. The van der Waals surface area contributed by atoms with E-state index in [2.05, 4.69) is 9.17 Å². The van der Waals surface area contributed by atoms with Gasteiger partial charge in [0.05, 0.1) is 29.4 Å². The van der Waals surface area contributed by atoms with Gasteiger partial charge in [-0.25, -0.2) is 21.8 Å². The monoisotopic (exact) mass is 576 g/mol. The molecule has 0 bridgehead atoms. The maximum absolute atomic E-state index is 14.0. The van der Waals surface area contributed by atoms with Gasteiger partial charge in [-0.1, -0.05) is 12.1 Å². The maximum Gasteiger partial charge on any atom is 0.255 e. The second kappa shape index (κ2) is 10.5. The van der Waals surface area contributed by atoms with Crippen LogP contribution < -0.4 is 14.5 Å². The van der Waals surface area contributed by atoms with Gasteiger partial charge in [-0.3, -0.25) is 14.3 Å². The number of halogens is 6. The molecular formula is C27H14F6N2O4S. The van der Waals surface area contributed by atoms with Crippen LogP contribution in [0.3, 0.4) is 0 Å². The van der Waals surface area contributed by atoms with E-state index in [1.807, 2.05) is 0 Å². The van der Waals surface area contributed by atoms with Gasteiger partial charge in [0.15, 0.2) is 0 Å². The molecule has 0 amide bonds. The third kappa shape index (κ3) is 4.68. The highest BCUT2D eigenvalue weighted by Gasteiger charge is 2.29. The van der Waals surface area contributed by atoms with Gasteiger partial charge in [-0.2, -0.15) is 8.78 Å². The van der Waals surface area contributed by atoms with E-state index in [9.17, 15) is 35.3 Å². The Bertz CT molecular complexity index is 1870. The highest BCUT2D eigenvalue weighted by Crippen LogP contribution is 2.32. The summed E-state index contributed by atoms with van der Waals surface area (Å²) in [5.41, 5.74) is 0.817. The van der Waals surface area contributed by atoms with E-state index in [0.717, 1.165) is 0 Å². The van der Waals surface area contributed by atoms with Crippen LogP contribution in [0, 0.1) is 34.9 Å². The molecule has 0 saturated carbocycles. The second-order valence-electron chi connectivity index (χ2n) is 8.20. The Morgan fingerprint density at radius 3 is 2.20 bits per heavy atom. The molecule has 2 aromatic heterocycles. The molecule has 0 radical (unpaired) electrons. The Morgan fingerprint density at radius 1 is 0.825 bits per heavy atom. The molecule has 5 aromatic rings. The van der Waals surface area contributed by atoms with E-state index in [4.69, 9.17) is 4.74 Å². The van der Waals surface area contributed by atoms with E-state index in [1.165, 1.54) is 72.5 Å². The van der Waals surface area contributed by atoms with Crippen molar-refractivity contribution in [2.75, 3.05) is 7.11 Å². The van der Waals surface area contributed by atoms with Gasteiger partial charge in [0, 0.05) is 23.1 Å². The first-order valence-corrected chi connectivity index (χ1v) is 12.3. The molecular weight excluding hydrogens is 562 g/mol. The number of fused-ring (bicyclic) bond motifs is 1. The molecule has 0 aliphatic carbocycles. The van der Waals surface area contributed by atoms with E-state index >= 15 is 0 Å². The molecule has 204 valence electrons. The first-order chi connectivity index (χ1) is 19.1. The summed E-state index contributed by atoms with van der Waals surface area (Å²) in [5, 5.41) is 0.294. The standard InChI is InChI=1S/C27H14F6N2O4S/c1-38-20-11-17(13-3-2-4-15(28)9-13)34-12-19(20)35-18-7-6-16(10-14(18)5-8-21(35)36)40(37)39-27-25(32)23(30)22(29)24(31)26(27)33/h2-12H,1H3. The largest absolute Gasteiger partial charge is 0.494 e. The minimum absolute atomic E-state index is 0.201. The normalized spacial score (nSPS) is 12.0. The number of aromatic nitrogens is 2. The van der Waals surface area contributed by atoms with E-state index < -0.39 is 57.3 Å². The first kappa shape index (κ1) is 26.9. The second-order valence-corrected chi connectivity index (χ2v) is 9.30. The molecule has 40 heavy (non-hydrogen) atoms. The molecule has 0 N–H and O–H groups in total. The molecule has 13 heteroatoms. The number of ether oxygens (including phenoxy) is 1. The zero-order chi connectivity index (χ0) is 28.7. The number of hydrogen-bond acceptors (Lipinski definition) is 5. The van der Waals surface area contributed by atoms with Crippen molar-refractivity contribution in [3.05, 3.63) is 112 Å². The molecule has 0 aliphatic heterocycles. The van der Waals surface area contributed by atoms with Crippen LogP contribution in [-0.4, -0.2) is 20.9 Å². The van der Waals surface area contributed by atoms with Gasteiger partial charge in [0.25, 0.3) is 5.56 Å². The lowest BCUT2D eigenvalue weighted by atomic mass is 10.1. The van der Waals surface area contributed by atoms with Gasteiger partial charge in [-0.05, 0) is 36.4 Å². The quantitative estimate of drug-likeness (QED) is 0.141. The molecule has 3 aromatic carbocycles. The van der Waals surface area contributed by atoms with E-state index in [-0.39, 0.29) is 21.8 Å². The molecule has 5 rings (SSSR count). The van der Waals surface area contributed by atoms with Gasteiger partial charge in [-0.15, -0.1) is 0 Å². The van der Waals surface area contributed by atoms with Crippen LogP contribution >= 0.6 is 0 Å². The molecule has 2 heterocycles. The summed E-state index contributed by atoms with van der Waals surface area (Å²) in [6.45, 7) is 0. The fourth-order valence-electron chi connectivity index (χ4n) is 3.92. The minimum atomic E-state index is -2.71. The number of nitrogens with zero attached hydrogens (tertiary/aromatic N) is 2. The minimum Gasteiger partial charge on any atom is -0.494 e. The summed E-state index contributed by atoms with van der Waals surface area (Å²) in [6.07, 6.45) is 1.35. The van der Waals surface area contributed by atoms with Gasteiger partial charge < -0.3 is 8.92 Å². The van der Waals surface area contributed by atoms with E-state index in [0.29, 0.717) is 16.6 Å². The SMILES string of the molecule is COc1cc(-c2cccc(F)c2)ncc1-n1c(=O)ccc2cc(S(=O)Oc3c(F)c(F)c(F)c(F)c3F)ccc21. The Morgan fingerprint density at radius 2 is 1.52 bits per heavy atom. The average molecular weight is 576 g/mol. The molecule has 0 fully saturated rings. The van der Waals surface area contributed by atoms with Crippen molar-refractivity contribution in [1.29, 1.82) is 0 Å². The zero-order valence-electron chi connectivity index (χ0n) is 20.1. The van der Waals surface area contributed by atoms with Crippen molar-refractivity contribution < 1.29 is 39.5 Å². The molecule has 0 spiro atoms. The molecule has 1 unspecified atom stereocenters. The number of hydrogen-bond donors (Lipinski definition) is 0. The summed E-state index contributed by atoms with van der Waals surface area (Å²) in [5.74, 6) is -13.4. The highest BCUT2D eigenvalue weighted by molar-refractivity contribution is 7.80. The highest BCUT2D eigenvalue weighted by atomic mass is 32.2. The predicted molar refractivity (Wildman–Crippen MR) is 133 cm³/mol. The van der Waals surface area contributed by atoms with Crippen molar-refractivity contribution in [3.63, 3.8) is 0 Å². The van der Waals surface area contributed by atoms with Crippen molar-refractivity contribution in [1.82, 2.24) is 9.55 Å². The fraction of sp³-hybridized carbons (Fsp3) is 0.0370. The average Bonchev–Trinajstić information content (AvgIpc) is 2.96. The predicted octanol–water partition coefficient (Wildman–Crippen LogP) is 6.00. The molecule has 1 atom stereocenters. The maximum atomic E-state index is 14.0. The van der Waals surface area contributed by atoms with E-state index in [1.54, 1.807) is 6.07 Å². The fourth-order valence-corrected chi connectivity index (χ4v) is 4.72. The van der Waals surface area contributed by atoms with Crippen LogP contribution in [0.2, 0.25) is 0 Å². The van der Waals surface area contributed by atoms with Crippen LogP contribution in [0.15, 0.2) is 76.6 Å². The Balaban J connectivity index is 1.56. The number of methoxy groups -OCH3 is 1. The zero-order valence-corrected chi connectivity index (χ0v) is 20.9. The Hall–Kier alpha value is -4.65. The number of rotatable bonds is 6. The molecule has 6 nitrogen and oxygen atoms in total. The lowest BCUT2D eigenvalue weighted by molar-refractivity contribution is 0.352. The summed E-state index contributed by atoms with van der Waals surface area (Å²) >= 11 is -2.71. The van der Waals surface area contributed by atoms with Crippen LogP contribution in [0.1, 0.15) is 0 Å². The third-order valence-electron chi connectivity index (χ3n) is 5.81. The van der Waals surface area contributed by atoms with Crippen molar-refractivity contribution >= 4 is 22.0 Å². The van der Waals surface area contributed by atoms with Crippen LogP contribution in [0.25, 0.3) is 27.8 Å². The van der Waals surface area contributed by atoms with Gasteiger partial charge >= 0.3 is 0 Å². The summed E-state index contributed by atoms with van der Waals surface area (Å²) in [7, 11) is 1.36. The van der Waals surface area contributed by atoms with Crippen LogP contribution in [0.4, 0.5) is 26.3 Å². The van der Waals surface area contributed by atoms with Crippen molar-refractivity contribution in [3.8, 4) is 28.4 Å². The lowest BCUT2D eigenvalue weighted by Gasteiger charge is -2.15. The molecule has 0 aliphatic rings. The third-order valence-corrected chi connectivity index (χ3v) is 6.77. The van der Waals surface area contributed by atoms with Crippen molar-refractivity contribution in [2.24, 2.45) is 0 Å².